The lowest BCUT2D eigenvalue weighted by atomic mass is 9.99. The molecule has 3 rings (SSSR count). The molecule has 0 amide bonds. The molecule has 2 heterocycles. The van der Waals surface area contributed by atoms with Gasteiger partial charge in [0.2, 0.25) is 17.2 Å². The van der Waals surface area contributed by atoms with Crippen LogP contribution in [0.2, 0.25) is 5.02 Å². The van der Waals surface area contributed by atoms with E-state index in [4.69, 9.17) is 25.1 Å². The number of hydrogen-bond donors (Lipinski definition) is 0. The predicted octanol–water partition coefficient (Wildman–Crippen LogP) is 5.90. The van der Waals surface area contributed by atoms with Gasteiger partial charge in [0.1, 0.15) is 0 Å². The van der Waals surface area contributed by atoms with E-state index in [0.717, 1.165) is 38.8 Å². The van der Waals surface area contributed by atoms with Crippen molar-refractivity contribution in [2.75, 3.05) is 31.2 Å². The van der Waals surface area contributed by atoms with Gasteiger partial charge in [-0.1, -0.05) is 44.5 Å². The van der Waals surface area contributed by atoms with Crippen LogP contribution in [0.5, 0.6) is 0 Å². The first-order valence-electron chi connectivity index (χ1n) is 10.4. The van der Waals surface area contributed by atoms with Crippen molar-refractivity contribution in [3.63, 3.8) is 0 Å². The van der Waals surface area contributed by atoms with E-state index < -0.39 is 7.60 Å². The van der Waals surface area contributed by atoms with Crippen LogP contribution in [-0.2, 0) is 13.6 Å². The highest BCUT2D eigenvalue weighted by Crippen LogP contribution is 2.50. The van der Waals surface area contributed by atoms with E-state index in [1.807, 2.05) is 32.0 Å². The van der Waals surface area contributed by atoms with Gasteiger partial charge >= 0.3 is 7.60 Å². The Bertz CT molecular complexity index is 837. The van der Waals surface area contributed by atoms with Crippen molar-refractivity contribution < 1.29 is 18.0 Å². The maximum Gasteiger partial charge on any atom is 0.385 e. The van der Waals surface area contributed by atoms with Crippen LogP contribution in [-0.4, -0.2) is 31.3 Å². The van der Waals surface area contributed by atoms with E-state index in [1.54, 1.807) is 6.07 Å². The van der Waals surface area contributed by atoms with E-state index in [0.29, 0.717) is 41.5 Å². The molecule has 2 aromatic rings. The molecule has 0 spiro atoms. The number of piperidine rings is 1. The van der Waals surface area contributed by atoms with Crippen LogP contribution < -0.4 is 10.3 Å². The lowest BCUT2D eigenvalue weighted by Gasteiger charge is -2.30. The molecule has 8 heteroatoms. The highest BCUT2D eigenvalue weighted by Gasteiger charge is 2.38. The quantitative estimate of drug-likeness (QED) is 0.452. The highest BCUT2D eigenvalue weighted by atomic mass is 35.5. The fourth-order valence-corrected chi connectivity index (χ4v) is 5.25. The summed E-state index contributed by atoms with van der Waals surface area (Å²) in [6, 6.07) is 7.34. The summed E-state index contributed by atoms with van der Waals surface area (Å²) in [5.74, 6) is 1.46. The normalized spacial score (nSPS) is 15.8. The molecule has 1 aliphatic rings. The van der Waals surface area contributed by atoms with Crippen LogP contribution in [0.3, 0.4) is 0 Å². The van der Waals surface area contributed by atoms with Crippen LogP contribution >= 0.6 is 19.2 Å². The minimum atomic E-state index is -3.63. The van der Waals surface area contributed by atoms with Gasteiger partial charge in [0.25, 0.3) is 0 Å². The van der Waals surface area contributed by atoms with E-state index in [2.05, 4.69) is 16.8 Å². The summed E-state index contributed by atoms with van der Waals surface area (Å²) in [6.07, 6.45) is 3.53. The molecule has 29 heavy (non-hydrogen) atoms. The average molecular weight is 441 g/mol. The summed E-state index contributed by atoms with van der Waals surface area (Å²) in [7, 11) is -3.63. The molecule has 1 aromatic heterocycles. The Morgan fingerprint density at radius 2 is 1.79 bits per heavy atom. The number of hydrogen-bond acceptors (Lipinski definition) is 6. The Balaban J connectivity index is 2.07. The molecule has 1 fully saturated rings. The zero-order valence-corrected chi connectivity index (χ0v) is 19.0. The predicted molar refractivity (Wildman–Crippen MR) is 117 cm³/mol. The van der Waals surface area contributed by atoms with Gasteiger partial charge in [-0.15, -0.1) is 0 Å². The topological polar surface area (TPSA) is 64.8 Å². The Hall–Kier alpha value is -1.33. The van der Waals surface area contributed by atoms with Crippen molar-refractivity contribution in [2.45, 2.75) is 46.5 Å². The Labute approximate surface area is 178 Å². The molecule has 160 valence electrons. The Morgan fingerprint density at radius 1 is 1.17 bits per heavy atom. The zero-order valence-electron chi connectivity index (χ0n) is 17.4. The molecule has 1 aromatic carbocycles. The minimum Gasteiger partial charge on any atom is -0.419 e. The maximum absolute atomic E-state index is 13.8. The number of halogens is 1. The molecule has 0 unspecified atom stereocenters. The van der Waals surface area contributed by atoms with Crippen LogP contribution in [0.25, 0.3) is 11.5 Å². The first kappa shape index (κ1) is 22.4. The van der Waals surface area contributed by atoms with Crippen molar-refractivity contribution in [1.82, 2.24) is 4.98 Å². The van der Waals surface area contributed by atoms with Gasteiger partial charge in [0, 0.05) is 13.1 Å². The first-order chi connectivity index (χ1) is 14.0. The van der Waals surface area contributed by atoms with Gasteiger partial charge in [-0.05, 0) is 43.7 Å². The molecular weight excluding hydrogens is 411 g/mol. The van der Waals surface area contributed by atoms with Crippen molar-refractivity contribution >= 4 is 30.5 Å². The van der Waals surface area contributed by atoms with Crippen molar-refractivity contribution in [2.24, 2.45) is 5.92 Å². The number of rotatable bonds is 9. The maximum atomic E-state index is 13.8. The van der Waals surface area contributed by atoms with Crippen LogP contribution in [0.1, 0.15) is 46.5 Å². The molecule has 0 aliphatic carbocycles. The monoisotopic (exact) mass is 440 g/mol. The largest absolute Gasteiger partial charge is 0.419 e. The fraction of sp³-hybridized carbons (Fsp3) is 0.571. The molecule has 0 bridgehead atoms. The smallest absolute Gasteiger partial charge is 0.385 e. The third-order valence-corrected chi connectivity index (χ3v) is 7.14. The van der Waals surface area contributed by atoms with Crippen molar-refractivity contribution in [3.8, 4) is 11.5 Å². The first-order valence-corrected chi connectivity index (χ1v) is 12.3. The number of nitrogens with zero attached hydrogens (tertiary/aromatic N) is 2. The second-order valence-electron chi connectivity index (χ2n) is 7.46. The number of oxazole rings is 1. The fourth-order valence-electron chi connectivity index (χ4n) is 3.23. The van der Waals surface area contributed by atoms with Gasteiger partial charge in [0.05, 0.1) is 23.8 Å². The lowest BCUT2D eigenvalue weighted by molar-refractivity contribution is 0.213. The summed E-state index contributed by atoms with van der Waals surface area (Å²) in [5, 5.41) is 0.526. The lowest BCUT2D eigenvalue weighted by Crippen LogP contribution is -2.35. The van der Waals surface area contributed by atoms with Gasteiger partial charge in [-0.25, -0.2) is 0 Å². The van der Waals surface area contributed by atoms with Crippen LogP contribution in [0.4, 0.5) is 5.88 Å². The summed E-state index contributed by atoms with van der Waals surface area (Å²) >= 11 is 6.36. The van der Waals surface area contributed by atoms with Crippen LogP contribution in [0.15, 0.2) is 28.7 Å². The Morgan fingerprint density at radius 3 is 2.38 bits per heavy atom. The van der Waals surface area contributed by atoms with E-state index in [1.165, 1.54) is 0 Å². The van der Waals surface area contributed by atoms with Gasteiger partial charge in [-0.2, -0.15) is 4.98 Å². The number of anilines is 1. The zero-order chi connectivity index (χ0) is 20.9. The third-order valence-electron chi connectivity index (χ3n) is 4.96. The average Bonchev–Trinajstić information content (AvgIpc) is 3.17. The Kier molecular flexibility index (Phi) is 7.80. The SMILES string of the molecule is CCCOP(=O)(OCCC)c1nc(-c2ccccc2Cl)oc1N1CCC(C)CC1. The summed E-state index contributed by atoms with van der Waals surface area (Å²) < 4.78 is 31.4. The molecule has 0 atom stereocenters. The number of benzene rings is 1. The summed E-state index contributed by atoms with van der Waals surface area (Å²) in [5.41, 5.74) is 0.911. The molecule has 6 nitrogen and oxygen atoms in total. The van der Waals surface area contributed by atoms with Crippen LogP contribution in [0, 0.1) is 5.92 Å². The molecule has 1 aliphatic heterocycles. The van der Waals surface area contributed by atoms with Gasteiger partial charge in [0.15, 0.2) is 0 Å². The molecule has 0 N–H and O–H groups in total. The standard InChI is InChI=1S/C21H30ClN2O4P/c1-4-14-26-29(25,27-15-5-2)20-21(24-12-10-16(3)11-13-24)28-19(23-20)17-8-6-7-9-18(17)22/h6-9,16H,4-5,10-15H2,1-3H3. The second-order valence-corrected chi connectivity index (χ2v) is 9.80. The van der Waals surface area contributed by atoms with E-state index in [-0.39, 0.29) is 5.44 Å². The molecular formula is C21H30ClN2O4P. The molecule has 0 saturated carbocycles. The second kappa shape index (κ2) is 10.1. The summed E-state index contributed by atoms with van der Waals surface area (Å²) in [6.45, 7) is 8.45. The minimum absolute atomic E-state index is 0.254. The van der Waals surface area contributed by atoms with Crippen molar-refractivity contribution in [1.29, 1.82) is 0 Å². The van der Waals surface area contributed by atoms with E-state index >= 15 is 0 Å². The third kappa shape index (κ3) is 5.24. The highest BCUT2D eigenvalue weighted by molar-refractivity contribution is 7.62. The van der Waals surface area contributed by atoms with Gasteiger partial charge < -0.3 is 18.4 Å². The molecule has 1 saturated heterocycles. The van der Waals surface area contributed by atoms with Crippen molar-refractivity contribution in [3.05, 3.63) is 29.3 Å². The van der Waals surface area contributed by atoms with E-state index in [9.17, 15) is 4.57 Å². The van der Waals surface area contributed by atoms with Gasteiger partial charge in [-0.3, -0.25) is 4.57 Å². The summed E-state index contributed by atoms with van der Waals surface area (Å²) in [4.78, 5) is 6.70. The number of aromatic nitrogens is 1. The molecule has 0 radical (unpaired) electrons.